The van der Waals surface area contributed by atoms with Crippen molar-refractivity contribution in [3.63, 3.8) is 0 Å². The maximum absolute atomic E-state index is 11.4. The molecule has 2 saturated carbocycles. The van der Waals surface area contributed by atoms with Crippen LogP contribution in [0.15, 0.2) is 22.8 Å². The van der Waals surface area contributed by atoms with Crippen molar-refractivity contribution < 1.29 is 10.2 Å². The molecule has 2 heteroatoms. The topological polar surface area (TPSA) is 40.5 Å². The van der Waals surface area contributed by atoms with Crippen molar-refractivity contribution in [1.82, 2.24) is 0 Å². The van der Waals surface area contributed by atoms with E-state index < -0.39 is 0 Å². The van der Waals surface area contributed by atoms with Gasteiger partial charge >= 0.3 is 0 Å². The van der Waals surface area contributed by atoms with Crippen molar-refractivity contribution in [2.24, 2.45) is 45.3 Å². The number of rotatable bonds is 1. The zero-order valence-electron chi connectivity index (χ0n) is 21.1. The van der Waals surface area contributed by atoms with Crippen molar-refractivity contribution >= 4 is 0 Å². The van der Waals surface area contributed by atoms with Gasteiger partial charge in [-0.2, -0.15) is 0 Å². The van der Waals surface area contributed by atoms with Gasteiger partial charge in [0.15, 0.2) is 0 Å². The highest BCUT2D eigenvalue weighted by Gasteiger charge is 2.66. The van der Waals surface area contributed by atoms with Crippen LogP contribution in [-0.4, -0.2) is 22.4 Å². The minimum atomic E-state index is -0.258. The number of hydrogen-bond acceptors (Lipinski definition) is 2. The van der Waals surface area contributed by atoms with E-state index >= 15 is 0 Å². The molecule has 174 valence electrons. The first-order valence-corrected chi connectivity index (χ1v) is 13.2. The predicted octanol–water partition coefficient (Wildman–Crippen LogP) is 6.67. The largest absolute Gasteiger partial charge is 0.393 e. The summed E-state index contributed by atoms with van der Waals surface area (Å²) in [6.45, 7) is 17.0. The number of allylic oxidation sites excluding steroid dienone is 3. The molecule has 8 atom stereocenters. The summed E-state index contributed by atoms with van der Waals surface area (Å²) in [5.41, 5.74) is 5.11. The van der Waals surface area contributed by atoms with E-state index in [0.29, 0.717) is 23.7 Å². The summed E-state index contributed by atoms with van der Waals surface area (Å²) in [6, 6.07) is 0. The molecule has 0 amide bonds. The first kappa shape index (κ1) is 22.2. The monoisotopic (exact) mass is 426 g/mol. The molecule has 0 aromatic heterocycles. The number of aliphatic hydroxyl groups is 2. The van der Waals surface area contributed by atoms with Crippen LogP contribution in [0.1, 0.15) is 99.8 Å². The van der Waals surface area contributed by atoms with Gasteiger partial charge in [0.05, 0.1) is 12.2 Å². The molecule has 0 saturated heterocycles. The minimum Gasteiger partial charge on any atom is -0.393 e. The zero-order chi connectivity index (χ0) is 22.6. The Morgan fingerprint density at radius 1 is 0.935 bits per heavy atom. The molecular weight excluding hydrogens is 380 g/mol. The molecule has 2 fully saturated rings. The van der Waals surface area contributed by atoms with Gasteiger partial charge in [0.25, 0.3) is 0 Å². The Bertz CT molecular complexity index is 834. The van der Waals surface area contributed by atoms with Crippen LogP contribution in [0, 0.1) is 45.3 Å². The van der Waals surface area contributed by atoms with E-state index in [2.05, 4.69) is 54.5 Å². The van der Waals surface area contributed by atoms with Gasteiger partial charge in [-0.25, -0.2) is 0 Å². The van der Waals surface area contributed by atoms with E-state index in [-0.39, 0.29) is 33.9 Å². The third-order valence-electron chi connectivity index (χ3n) is 12.0. The summed E-state index contributed by atoms with van der Waals surface area (Å²) in [7, 11) is 0. The summed E-state index contributed by atoms with van der Waals surface area (Å²) in [6.07, 6.45) is 11.1. The van der Waals surface area contributed by atoms with Crippen LogP contribution in [-0.2, 0) is 0 Å². The molecule has 8 unspecified atom stereocenters. The fourth-order valence-corrected chi connectivity index (χ4v) is 9.97. The van der Waals surface area contributed by atoms with Gasteiger partial charge in [0, 0.05) is 5.41 Å². The molecular formula is C29H46O2. The van der Waals surface area contributed by atoms with Crippen LogP contribution in [0.5, 0.6) is 0 Å². The summed E-state index contributed by atoms with van der Waals surface area (Å²) >= 11 is 0. The van der Waals surface area contributed by atoms with E-state index in [1.165, 1.54) is 31.3 Å². The molecule has 31 heavy (non-hydrogen) atoms. The van der Waals surface area contributed by atoms with Crippen LogP contribution < -0.4 is 0 Å². The average Bonchev–Trinajstić information content (AvgIpc) is 3.12. The SMILES string of the molecule is CC(C)C1CCC2=C1C1=CCC3C4(C)CCC(O)C(C)(C)C4CCC3(C)C1(C)CC2O. The van der Waals surface area contributed by atoms with Crippen LogP contribution in [0.3, 0.4) is 0 Å². The third-order valence-corrected chi connectivity index (χ3v) is 12.0. The molecule has 0 aromatic carbocycles. The normalized spacial score (nSPS) is 51.0. The van der Waals surface area contributed by atoms with Crippen molar-refractivity contribution in [1.29, 1.82) is 0 Å². The minimum absolute atomic E-state index is 0.00477. The smallest absolute Gasteiger partial charge is 0.0764 e. The number of hydrogen-bond donors (Lipinski definition) is 2. The Morgan fingerprint density at radius 3 is 2.32 bits per heavy atom. The van der Waals surface area contributed by atoms with E-state index in [1.807, 2.05) is 0 Å². The lowest BCUT2D eigenvalue weighted by Gasteiger charge is -2.69. The van der Waals surface area contributed by atoms with E-state index in [4.69, 9.17) is 0 Å². The van der Waals surface area contributed by atoms with Crippen LogP contribution in [0.25, 0.3) is 0 Å². The lowest BCUT2D eigenvalue weighted by molar-refractivity contribution is -0.197. The van der Waals surface area contributed by atoms with Crippen molar-refractivity contribution in [3.8, 4) is 0 Å². The maximum atomic E-state index is 11.4. The molecule has 5 rings (SSSR count). The third kappa shape index (κ3) is 2.64. The Kier molecular flexibility index (Phi) is 4.81. The Labute approximate surface area is 190 Å². The molecule has 2 N–H and O–H groups in total. The first-order valence-electron chi connectivity index (χ1n) is 13.2. The van der Waals surface area contributed by atoms with Gasteiger partial charge in [-0.3, -0.25) is 0 Å². The lowest BCUT2D eigenvalue weighted by Crippen LogP contribution is -2.63. The Hall–Kier alpha value is -0.600. The first-order chi connectivity index (χ1) is 14.4. The second-order valence-corrected chi connectivity index (χ2v) is 13.7. The van der Waals surface area contributed by atoms with Crippen molar-refractivity contribution in [2.45, 2.75) is 112 Å². The van der Waals surface area contributed by atoms with Crippen LogP contribution in [0.4, 0.5) is 0 Å². The summed E-state index contributed by atoms with van der Waals surface area (Å²) < 4.78 is 0. The van der Waals surface area contributed by atoms with Gasteiger partial charge in [-0.1, -0.05) is 54.5 Å². The van der Waals surface area contributed by atoms with Gasteiger partial charge < -0.3 is 10.2 Å². The highest BCUT2D eigenvalue weighted by atomic mass is 16.3. The average molecular weight is 427 g/mol. The molecule has 2 nitrogen and oxygen atoms in total. The van der Waals surface area contributed by atoms with Gasteiger partial charge in [0.2, 0.25) is 0 Å². The fraction of sp³-hybridized carbons (Fsp3) is 0.862. The quantitative estimate of drug-likeness (QED) is 0.491. The summed E-state index contributed by atoms with van der Waals surface area (Å²) in [5, 5.41) is 22.2. The van der Waals surface area contributed by atoms with Gasteiger partial charge in [0.1, 0.15) is 0 Å². The van der Waals surface area contributed by atoms with Crippen LogP contribution in [0.2, 0.25) is 0 Å². The molecule has 5 aliphatic rings. The van der Waals surface area contributed by atoms with E-state index in [0.717, 1.165) is 25.7 Å². The van der Waals surface area contributed by atoms with Crippen molar-refractivity contribution in [3.05, 3.63) is 22.8 Å². The molecule has 0 aliphatic heterocycles. The Morgan fingerprint density at radius 2 is 1.65 bits per heavy atom. The Balaban J connectivity index is 1.62. The second kappa shape index (κ2) is 6.72. The zero-order valence-corrected chi connectivity index (χ0v) is 21.1. The van der Waals surface area contributed by atoms with Gasteiger partial charge in [-0.05, 0) is 108 Å². The summed E-state index contributed by atoms with van der Waals surface area (Å²) in [4.78, 5) is 0. The predicted molar refractivity (Wildman–Crippen MR) is 127 cm³/mol. The van der Waals surface area contributed by atoms with Crippen molar-refractivity contribution in [2.75, 3.05) is 0 Å². The highest BCUT2D eigenvalue weighted by molar-refractivity contribution is 5.51. The molecule has 0 aromatic rings. The second-order valence-electron chi connectivity index (χ2n) is 13.7. The van der Waals surface area contributed by atoms with E-state index in [1.54, 1.807) is 11.1 Å². The molecule has 5 aliphatic carbocycles. The fourth-order valence-electron chi connectivity index (χ4n) is 9.97. The standard InChI is InChI=1S/C29H46O2/c1-17(2)18-8-9-19-21(30)16-29(7)20(25(18)19)10-11-23-27(5)14-13-24(31)26(3,4)22(27)12-15-28(23,29)6/h10,17-18,21-24,30-31H,8-9,11-16H2,1-7H3. The molecule has 0 bridgehead atoms. The lowest BCUT2D eigenvalue weighted by atomic mass is 9.35. The maximum Gasteiger partial charge on any atom is 0.0764 e. The number of aliphatic hydroxyl groups excluding tert-OH is 2. The molecule has 0 heterocycles. The molecule has 0 spiro atoms. The molecule has 0 radical (unpaired) electrons. The van der Waals surface area contributed by atoms with E-state index in [9.17, 15) is 10.2 Å². The van der Waals surface area contributed by atoms with Crippen LogP contribution >= 0.6 is 0 Å². The van der Waals surface area contributed by atoms with Gasteiger partial charge in [-0.15, -0.1) is 0 Å². The summed E-state index contributed by atoms with van der Waals surface area (Å²) in [5.74, 6) is 2.47. The highest BCUT2D eigenvalue weighted by Crippen LogP contribution is 2.74. The number of fused-ring (bicyclic) bond motifs is 6.